The first kappa shape index (κ1) is 16.3. The lowest BCUT2D eigenvalue weighted by molar-refractivity contribution is 0.122. The molecule has 2 aliphatic heterocycles. The van der Waals surface area contributed by atoms with Gasteiger partial charge in [0.2, 0.25) is 0 Å². The minimum atomic E-state index is 0.728. The van der Waals surface area contributed by atoms with Crippen LogP contribution in [0, 0.1) is 0 Å². The van der Waals surface area contributed by atoms with Gasteiger partial charge in [0.15, 0.2) is 11.6 Å². The fourth-order valence-corrected chi connectivity index (χ4v) is 3.75. The molecule has 1 aromatic carbocycles. The van der Waals surface area contributed by atoms with E-state index in [2.05, 4.69) is 15.9 Å². The van der Waals surface area contributed by atoms with Crippen LogP contribution in [0.3, 0.4) is 0 Å². The maximum atomic E-state index is 5.62. The standard InChI is InChI=1S/C21H22N4O2/c1-2-7-18-17(6-1)22-20(24-10-13-26-14-11-24)21(23-18)25-9-3-5-16(15-25)19-8-4-12-27-19/h1-2,4-8,12H,3,9-11,13-15H2. The third kappa shape index (κ3) is 3.17. The minimum Gasteiger partial charge on any atom is -0.465 e. The van der Waals surface area contributed by atoms with Crippen molar-refractivity contribution in [3.63, 3.8) is 0 Å². The zero-order valence-electron chi connectivity index (χ0n) is 15.2. The Hall–Kier alpha value is -2.86. The maximum Gasteiger partial charge on any atom is 0.172 e. The Balaban J connectivity index is 1.55. The van der Waals surface area contributed by atoms with Gasteiger partial charge in [-0.1, -0.05) is 18.2 Å². The Bertz CT molecular complexity index is 961. The Labute approximate surface area is 158 Å². The highest BCUT2D eigenvalue weighted by molar-refractivity contribution is 5.82. The van der Waals surface area contributed by atoms with E-state index in [4.69, 9.17) is 19.1 Å². The molecule has 138 valence electrons. The fraction of sp³-hybridized carbons (Fsp3) is 0.333. The molecule has 2 aromatic heterocycles. The van der Waals surface area contributed by atoms with Crippen LogP contribution in [-0.4, -0.2) is 49.4 Å². The van der Waals surface area contributed by atoms with E-state index in [9.17, 15) is 0 Å². The second-order valence-corrected chi connectivity index (χ2v) is 6.88. The number of nitrogens with zero attached hydrogens (tertiary/aromatic N) is 4. The molecule has 1 saturated heterocycles. The number of aromatic nitrogens is 2. The van der Waals surface area contributed by atoms with E-state index in [1.165, 1.54) is 5.57 Å². The second kappa shape index (κ2) is 7.04. The van der Waals surface area contributed by atoms with Crippen LogP contribution < -0.4 is 9.80 Å². The number of hydrogen-bond acceptors (Lipinski definition) is 6. The summed E-state index contributed by atoms with van der Waals surface area (Å²) in [7, 11) is 0. The molecule has 1 fully saturated rings. The third-order valence-corrected chi connectivity index (χ3v) is 5.13. The summed E-state index contributed by atoms with van der Waals surface area (Å²) in [5, 5.41) is 0. The second-order valence-electron chi connectivity index (χ2n) is 6.88. The van der Waals surface area contributed by atoms with Gasteiger partial charge < -0.3 is 19.0 Å². The topological polar surface area (TPSA) is 54.6 Å². The average molecular weight is 362 g/mol. The van der Waals surface area contributed by atoms with E-state index in [0.29, 0.717) is 0 Å². The number of furan rings is 1. The lowest BCUT2D eigenvalue weighted by atomic mass is 10.1. The molecule has 0 N–H and O–H groups in total. The Morgan fingerprint density at radius 2 is 1.56 bits per heavy atom. The van der Waals surface area contributed by atoms with Crippen molar-refractivity contribution >= 4 is 28.2 Å². The van der Waals surface area contributed by atoms with Crippen LogP contribution in [0.25, 0.3) is 16.6 Å². The van der Waals surface area contributed by atoms with E-state index < -0.39 is 0 Å². The van der Waals surface area contributed by atoms with Gasteiger partial charge in [-0.05, 0) is 30.7 Å². The molecule has 27 heavy (non-hydrogen) atoms. The Kier molecular flexibility index (Phi) is 4.26. The summed E-state index contributed by atoms with van der Waals surface area (Å²) in [6, 6.07) is 12.0. The summed E-state index contributed by atoms with van der Waals surface area (Å²) < 4.78 is 11.2. The van der Waals surface area contributed by atoms with Crippen LogP contribution in [0.1, 0.15) is 12.2 Å². The predicted molar refractivity (Wildman–Crippen MR) is 106 cm³/mol. The molecule has 0 unspecified atom stereocenters. The molecular weight excluding hydrogens is 340 g/mol. The third-order valence-electron chi connectivity index (χ3n) is 5.13. The number of benzene rings is 1. The number of anilines is 2. The quantitative estimate of drug-likeness (QED) is 0.712. The molecule has 6 nitrogen and oxygen atoms in total. The van der Waals surface area contributed by atoms with Crippen LogP contribution in [0.2, 0.25) is 0 Å². The lowest BCUT2D eigenvalue weighted by Gasteiger charge is -2.34. The molecule has 0 saturated carbocycles. The van der Waals surface area contributed by atoms with E-state index in [1.54, 1.807) is 6.26 Å². The normalized spacial score (nSPS) is 18.0. The largest absolute Gasteiger partial charge is 0.465 e. The fourth-order valence-electron chi connectivity index (χ4n) is 3.75. The van der Waals surface area contributed by atoms with Crippen LogP contribution in [0.4, 0.5) is 11.6 Å². The Morgan fingerprint density at radius 3 is 2.26 bits per heavy atom. The molecule has 0 amide bonds. The molecule has 6 heteroatoms. The zero-order chi connectivity index (χ0) is 18.1. The first-order chi connectivity index (χ1) is 13.4. The summed E-state index contributed by atoms with van der Waals surface area (Å²) in [6.07, 6.45) is 4.95. The smallest absolute Gasteiger partial charge is 0.172 e. The van der Waals surface area contributed by atoms with E-state index >= 15 is 0 Å². The molecule has 5 rings (SSSR count). The number of fused-ring (bicyclic) bond motifs is 1. The van der Waals surface area contributed by atoms with Crippen molar-refractivity contribution in [3.8, 4) is 0 Å². The summed E-state index contributed by atoms with van der Waals surface area (Å²) in [4.78, 5) is 14.6. The van der Waals surface area contributed by atoms with Crippen molar-refractivity contribution < 1.29 is 9.15 Å². The van der Waals surface area contributed by atoms with Crippen molar-refractivity contribution in [2.45, 2.75) is 6.42 Å². The molecule has 2 aliphatic rings. The van der Waals surface area contributed by atoms with E-state index in [1.807, 2.05) is 36.4 Å². The zero-order valence-corrected chi connectivity index (χ0v) is 15.2. The van der Waals surface area contributed by atoms with Gasteiger partial charge in [0, 0.05) is 31.8 Å². The van der Waals surface area contributed by atoms with E-state index in [-0.39, 0.29) is 0 Å². The molecule has 0 aliphatic carbocycles. The minimum absolute atomic E-state index is 0.728. The van der Waals surface area contributed by atoms with Crippen LogP contribution in [-0.2, 0) is 4.74 Å². The molecular formula is C21H22N4O2. The summed E-state index contributed by atoms with van der Waals surface area (Å²) in [5.41, 5.74) is 3.06. The van der Waals surface area contributed by atoms with Crippen molar-refractivity contribution in [2.75, 3.05) is 49.2 Å². The van der Waals surface area contributed by atoms with Crippen molar-refractivity contribution in [1.82, 2.24) is 9.97 Å². The number of hydrogen-bond donors (Lipinski definition) is 0. The number of morpholine rings is 1. The first-order valence-electron chi connectivity index (χ1n) is 9.46. The van der Waals surface area contributed by atoms with Gasteiger partial charge in [-0.3, -0.25) is 0 Å². The highest BCUT2D eigenvalue weighted by atomic mass is 16.5. The van der Waals surface area contributed by atoms with Gasteiger partial charge in [0.1, 0.15) is 5.76 Å². The molecule has 4 heterocycles. The number of ether oxygens (including phenoxy) is 1. The Morgan fingerprint density at radius 1 is 0.815 bits per heavy atom. The van der Waals surface area contributed by atoms with Crippen molar-refractivity contribution in [1.29, 1.82) is 0 Å². The highest BCUT2D eigenvalue weighted by Crippen LogP contribution is 2.32. The van der Waals surface area contributed by atoms with E-state index in [0.717, 1.165) is 74.2 Å². The van der Waals surface area contributed by atoms with Crippen molar-refractivity contribution in [3.05, 3.63) is 54.5 Å². The summed E-state index contributed by atoms with van der Waals surface area (Å²) in [6.45, 7) is 4.84. The van der Waals surface area contributed by atoms with Crippen LogP contribution in [0.15, 0.2) is 53.2 Å². The molecule has 0 radical (unpaired) electrons. The highest BCUT2D eigenvalue weighted by Gasteiger charge is 2.25. The summed E-state index contributed by atoms with van der Waals surface area (Å²) >= 11 is 0. The van der Waals surface area contributed by atoms with Crippen LogP contribution >= 0.6 is 0 Å². The first-order valence-corrected chi connectivity index (χ1v) is 9.46. The van der Waals surface area contributed by atoms with Gasteiger partial charge in [-0.25, -0.2) is 9.97 Å². The SMILES string of the molecule is C1=C(c2ccco2)CN(c2nc3ccccc3nc2N2CCOCC2)CC1. The molecule has 0 spiro atoms. The van der Waals surface area contributed by atoms with Gasteiger partial charge in [-0.2, -0.15) is 0 Å². The number of para-hydroxylation sites is 2. The molecule has 0 bridgehead atoms. The predicted octanol–water partition coefficient (Wildman–Crippen LogP) is 3.35. The van der Waals surface area contributed by atoms with Gasteiger partial charge in [0.25, 0.3) is 0 Å². The lowest BCUT2D eigenvalue weighted by Crippen LogP contribution is -2.39. The molecule has 3 aromatic rings. The van der Waals surface area contributed by atoms with Gasteiger partial charge >= 0.3 is 0 Å². The average Bonchev–Trinajstić information content (AvgIpc) is 3.29. The maximum absolute atomic E-state index is 5.62. The van der Waals surface area contributed by atoms with Gasteiger partial charge in [0.05, 0.1) is 30.5 Å². The molecule has 0 atom stereocenters. The monoisotopic (exact) mass is 362 g/mol. The van der Waals surface area contributed by atoms with Crippen molar-refractivity contribution in [2.24, 2.45) is 0 Å². The van der Waals surface area contributed by atoms with Crippen LogP contribution in [0.5, 0.6) is 0 Å². The summed E-state index contributed by atoms with van der Waals surface area (Å²) in [5.74, 6) is 2.84. The van der Waals surface area contributed by atoms with Gasteiger partial charge in [-0.15, -0.1) is 0 Å². The number of rotatable bonds is 3.